The summed E-state index contributed by atoms with van der Waals surface area (Å²) >= 11 is 0. The Kier molecular flexibility index (Phi) is 6.17. The molecule has 1 heterocycles. The Bertz CT molecular complexity index is 436. The summed E-state index contributed by atoms with van der Waals surface area (Å²) in [5.41, 5.74) is 0. The average Bonchev–Trinajstić information content (AvgIpc) is 2.49. The molecular formula is C15H25FN4O. The lowest BCUT2D eigenvalue weighted by molar-refractivity contribution is 0.0284. The summed E-state index contributed by atoms with van der Waals surface area (Å²) in [4.78, 5) is 9.72. The van der Waals surface area contributed by atoms with E-state index in [1.807, 2.05) is 0 Å². The van der Waals surface area contributed by atoms with Gasteiger partial charge in [-0.15, -0.1) is 0 Å². The maximum Gasteiger partial charge on any atom is 0.224 e. The lowest BCUT2D eigenvalue weighted by atomic mass is 9.98. The number of anilines is 2. The van der Waals surface area contributed by atoms with Crippen molar-refractivity contribution in [3.05, 3.63) is 12.0 Å². The number of halogens is 1. The molecule has 118 valence electrons. The largest absolute Gasteiger partial charge is 0.378 e. The van der Waals surface area contributed by atoms with Crippen LogP contribution in [0.15, 0.2) is 6.20 Å². The molecule has 1 aromatic heterocycles. The maximum absolute atomic E-state index is 13.5. The second-order valence-electron chi connectivity index (χ2n) is 5.67. The minimum Gasteiger partial charge on any atom is -0.378 e. The average molecular weight is 296 g/mol. The van der Waals surface area contributed by atoms with E-state index in [1.165, 1.54) is 38.3 Å². The first-order chi connectivity index (χ1) is 10.2. The van der Waals surface area contributed by atoms with Gasteiger partial charge >= 0.3 is 0 Å². The van der Waals surface area contributed by atoms with E-state index < -0.39 is 5.82 Å². The first kappa shape index (κ1) is 15.9. The maximum atomic E-state index is 13.5. The van der Waals surface area contributed by atoms with Crippen LogP contribution in [-0.4, -0.2) is 43.3 Å². The molecule has 5 nitrogen and oxygen atoms in total. The van der Waals surface area contributed by atoms with Gasteiger partial charge in [-0.05, 0) is 19.3 Å². The topological polar surface area (TPSA) is 50.3 Å². The monoisotopic (exact) mass is 296 g/mol. The molecule has 1 fully saturated rings. The SMILES string of the molecule is CN(C)c1nc(NCCCOC2CCCCC2)ncc1F. The van der Waals surface area contributed by atoms with Crippen molar-refractivity contribution < 1.29 is 9.13 Å². The van der Waals surface area contributed by atoms with Crippen molar-refractivity contribution in [1.29, 1.82) is 0 Å². The molecule has 0 atom stereocenters. The van der Waals surface area contributed by atoms with Gasteiger partial charge < -0.3 is 15.0 Å². The van der Waals surface area contributed by atoms with E-state index in [9.17, 15) is 4.39 Å². The molecule has 0 spiro atoms. The van der Waals surface area contributed by atoms with Gasteiger partial charge in [-0.2, -0.15) is 4.98 Å². The zero-order valence-electron chi connectivity index (χ0n) is 12.9. The number of nitrogens with one attached hydrogen (secondary N) is 1. The Balaban J connectivity index is 1.67. The zero-order valence-corrected chi connectivity index (χ0v) is 12.9. The molecule has 0 radical (unpaired) electrons. The second-order valence-corrected chi connectivity index (χ2v) is 5.67. The highest BCUT2D eigenvalue weighted by atomic mass is 19.1. The Morgan fingerprint density at radius 2 is 2.10 bits per heavy atom. The number of aromatic nitrogens is 2. The van der Waals surface area contributed by atoms with Crippen molar-refractivity contribution in [2.75, 3.05) is 37.5 Å². The lowest BCUT2D eigenvalue weighted by Gasteiger charge is -2.21. The summed E-state index contributed by atoms with van der Waals surface area (Å²) in [6.07, 6.45) is 8.86. The van der Waals surface area contributed by atoms with Gasteiger partial charge in [0.15, 0.2) is 11.6 Å². The van der Waals surface area contributed by atoms with Crippen LogP contribution in [0, 0.1) is 5.82 Å². The van der Waals surface area contributed by atoms with Crippen LogP contribution in [0.1, 0.15) is 38.5 Å². The van der Waals surface area contributed by atoms with Crippen molar-refractivity contribution in [2.45, 2.75) is 44.6 Å². The molecule has 2 rings (SSSR count). The van der Waals surface area contributed by atoms with E-state index in [2.05, 4.69) is 15.3 Å². The third-order valence-corrected chi connectivity index (χ3v) is 3.66. The molecule has 6 heteroatoms. The molecule has 1 saturated carbocycles. The Labute approximate surface area is 125 Å². The molecule has 0 amide bonds. The standard InChI is InChI=1S/C15H25FN4O/c1-20(2)14-13(16)11-18-15(19-14)17-9-6-10-21-12-7-4-3-5-8-12/h11-12H,3-10H2,1-2H3,(H,17,18,19). The van der Waals surface area contributed by atoms with Crippen molar-refractivity contribution in [2.24, 2.45) is 0 Å². The van der Waals surface area contributed by atoms with Crippen LogP contribution in [0.5, 0.6) is 0 Å². The molecule has 0 unspecified atom stereocenters. The first-order valence-corrected chi connectivity index (χ1v) is 7.72. The van der Waals surface area contributed by atoms with Gasteiger partial charge in [0.1, 0.15) is 0 Å². The van der Waals surface area contributed by atoms with E-state index in [0.29, 0.717) is 17.9 Å². The third-order valence-electron chi connectivity index (χ3n) is 3.66. The highest BCUT2D eigenvalue weighted by Crippen LogP contribution is 2.20. The van der Waals surface area contributed by atoms with Crippen LogP contribution < -0.4 is 10.2 Å². The quantitative estimate of drug-likeness (QED) is 0.784. The number of hydrogen-bond acceptors (Lipinski definition) is 5. The molecule has 1 aliphatic rings. The molecule has 1 aliphatic carbocycles. The van der Waals surface area contributed by atoms with E-state index in [4.69, 9.17) is 4.74 Å². The Hall–Kier alpha value is -1.43. The van der Waals surface area contributed by atoms with Crippen LogP contribution >= 0.6 is 0 Å². The van der Waals surface area contributed by atoms with Gasteiger partial charge in [0.2, 0.25) is 5.95 Å². The molecule has 0 aromatic carbocycles. The summed E-state index contributed by atoms with van der Waals surface area (Å²) in [7, 11) is 3.51. The van der Waals surface area contributed by atoms with Gasteiger partial charge in [0.25, 0.3) is 0 Å². The van der Waals surface area contributed by atoms with E-state index in [-0.39, 0.29) is 0 Å². The molecule has 0 aliphatic heterocycles. The van der Waals surface area contributed by atoms with Crippen LogP contribution in [0.3, 0.4) is 0 Å². The number of ether oxygens (including phenoxy) is 1. The number of rotatable bonds is 7. The predicted molar refractivity (Wildman–Crippen MR) is 82.2 cm³/mol. The minimum atomic E-state index is -0.411. The molecule has 0 bridgehead atoms. The highest BCUT2D eigenvalue weighted by Gasteiger charge is 2.13. The van der Waals surface area contributed by atoms with Gasteiger partial charge in [0, 0.05) is 27.2 Å². The van der Waals surface area contributed by atoms with Crippen molar-refractivity contribution in [1.82, 2.24) is 9.97 Å². The van der Waals surface area contributed by atoms with Crippen LogP contribution in [0.25, 0.3) is 0 Å². The predicted octanol–water partition coefficient (Wildman–Crippen LogP) is 2.83. The smallest absolute Gasteiger partial charge is 0.224 e. The molecule has 21 heavy (non-hydrogen) atoms. The summed E-state index contributed by atoms with van der Waals surface area (Å²) in [5.74, 6) is 0.343. The minimum absolute atomic E-state index is 0.297. The van der Waals surface area contributed by atoms with Gasteiger partial charge in [-0.3, -0.25) is 0 Å². The number of nitrogens with zero attached hydrogens (tertiary/aromatic N) is 3. The first-order valence-electron chi connectivity index (χ1n) is 7.72. The normalized spacial score (nSPS) is 16.0. The summed E-state index contributed by atoms with van der Waals surface area (Å²) in [5, 5.41) is 3.11. The van der Waals surface area contributed by atoms with Crippen LogP contribution in [0.2, 0.25) is 0 Å². The van der Waals surface area contributed by atoms with Gasteiger partial charge in [-0.25, -0.2) is 9.37 Å². The Morgan fingerprint density at radius 3 is 2.81 bits per heavy atom. The van der Waals surface area contributed by atoms with Crippen LogP contribution in [-0.2, 0) is 4.74 Å². The summed E-state index contributed by atoms with van der Waals surface area (Å²) in [6, 6.07) is 0. The fourth-order valence-electron chi connectivity index (χ4n) is 2.51. The third kappa shape index (κ3) is 5.12. The fraction of sp³-hybridized carbons (Fsp3) is 0.733. The Morgan fingerprint density at radius 1 is 1.33 bits per heavy atom. The zero-order chi connectivity index (χ0) is 15.1. The summed E-state index contributed by atoms with van der Waals surface area (Å²) < 4.78 is 19.3. The second kappa shape index (κ2) is 8.12. The lowest BCUT2D eigenvalue weighted by Crippen LogP contribution is -2.19. The fourth-order valence-corrected chi connectivity index (χ4v) is 2.51. The van der Waals surface area contributed by atoms with Crippen LogP contribution in [0.4, 0.5) is 16.2 Å². The van der Waals surface area contributed by atoms with E-state index in [1.54, 1.807) is 19.0 Å². The van der Waals surface area contributed by atoms with E-state index in [0.717, 1.165) is 19.6 Å². The van der Waals surface area contributed by atoms with Crippen molar-refractivity contribution >= 4 is 11.8 Å². The molecule has 1 aromatic rings. The number of hydrogen-bond donors (Lipinski definition) is 1. The van der Waals surface area contributed by atoms with Crippen molar-refractivity contribution in [3.8, 4) is 0 Å². The molecule has 1 N–H and O–H groups in total. The van der Waals surface area contributed by atoms with Gasteiger partial charge in [-0.1, -0.05) is 19.3 Å². The molecule has 0 saturated heterocycles. The highest BCUT2D eigenvalue weighted by molar-refractivity contribution is 5.42. The summed E-state index contributed by atoms with van der Waals surface area (Å²) in [6.45, 7) is 1.48. The molecular weight excluding hydrogens is 271 g/mol. The van der Waals surface area contributed by atoms with Gasteiger partial charge in [0.05, 0.1) is 12.3 Å². The van der Waals surface area contributed by atoms with E-state index >= 15 is 0 Å². The van der Waals surface area contributed by atoms with Crippen molar-refractivity contribution in [3.63, 3.8) is 0 Å².